The molecule has 2 atom stereocenters. The molecule has 0 amide bonds. The van der Waals surface area contributed by atoms with Gasteiger partial charge in [-0.05, 0) is 13.2 Å². The second-order valence-electron chi connectivity index (χ2n) is 3.64. The zero-order valence-corrected chi connectivity index (χ0v) is 12.9. The molecule has 1 heterocycles. The van der Waals surface area contributed by atoms with Crippen LogP contribution in [0.2, 0.25) is 0 Å². The average molecular weight is 322 g/mol. The van der Waals surface area contributed by atoms with Gasteiger partial charge in [-0.1, -0.05) is 46.6 Å². The van der Waals surface area contributed by atoms with Crippen molar-refractivity contribution in [3.05, 3.63) is 0 Å². The predicted octanol–water partition coefficient (Wildman–Crippen LogP) is 2.46. The lowest BCUT2D eigenvalue weighted by atomic mass is 10.1. The first-order chi connectivity index (χ1) is 7.75. The summed E-state index contributed by atoms with van der Waals surface area (Å²) in [4.78, 5) is 5.92. The van der Waals surface area contributed by atoms with Crippen LogP contribution in [-0.2, 0) is 4.74 Å². The first-order valence-electron chi connectivity index (χ1n) is 5.02. The summed E-state index contributed by atoms with van der Waals surface area (Å²) in [5, 5.41) is 10.9. The first kappa shape index (κ1) is 15.7. The Morgan fingerprint density at radius 2 is 2.24 bits per heavy atom. The van der Waals surface area contributed by atoms with E-state index in [1.165, 1.54) is 11.8 Å². The summed E-state index contributed by atoms with van der Waals surface area (Å²) in [5.41, 5.74) is -1.76. The van der Waals surface area contributed by atoms with Crippen LogP contribution in [0.5, 0.6) is 0 Å². The van der Waals surface area contributed by atoms with Gasteiger partial charge in [0.05, 0.1) is 0 Å². The molecule has 0 bridgehead atoms. The molecule has 17 heavy (non-hydrogen) atoms. The van der Waals surface area contributed by atoms with Crippen LogP contribution in [0.25, 0.3) is 0 Å². The third-order valence-corrected chi connectivity index (χ3v) is 4.12. The summed E-state index contributed by atoms with van der Waals surface area (Å²) in [6, 6.07) is 0. The van der Waals surface area contributed by atoms with E-state index in [0.29, 0.717) is 11.8 Å². The largest absolute Gasteiger partial charge is 0.366 e. The quantitative estimate of drug-likeness (QED) is 0.794. The summed E-state index contributed by atoms with van der Waals surface area (Å²) in [6.45, 7) is 2.37. The van der Waals surface area contributed by atoms with Crippen LogP contribution in [0.15, 0.2) is 4.99 Å². The predicted molar refractivity (Wildman–Crippen MR) is 74.0 cm³/mol. The van der Waals surface area contributed by atoms with Gasteiger partial charge in [0.15, 0.2) is 5.17 Å². The molecule has 1 rings (SSSR count). The van der Waals surface area contributed by atoms with Crippen molar-refractivity contribution < 1.29 is 9.84 Å². The van der Waals surface area contributed by atoms with Crippen molar-refractivity contribution in [1.29, 1.82) is 0 Å². The van der Waals surface area contributed by atoms with Gasteiger partial charge in [-0.15, -0.1) is 0 Å². The molecular weight excluding hydrogens is 307 g/mol. The third-order valence-electron chi connectivity index (χ3n) is 2.47. The van der Waals surface area contributed by atoms with E-state index in [9.17, 15) is 5.11 Å². The summed E-state index contributed by atoms with van der Waals surface area (Å²) in [5.74, 6) is 0. The molecule has 0 aromatic carbocycles. The molecule has 0 fully saturated rings. The van der Waals surface area contributed by atoms with Crippen molar-refractivity contribution in [2.45, 2.75) is 29.1 Å². The number of thioether (sulfide) groups is 1. The van der Waals surface area contributed by atoms with Gasteiger partial charge in [0.1, 0.15) is 6.23 Å². The number of hydrogen-bond donors (Lipinski definition) is 1. The van der Waals surface area contributed by atoms with Crippen molar-refractivity contribution in [3.8, 4) is 0 Å². The Balaban J connectivity index is 3.06. The van der Waals surface area contributed by atoms with E-state index < -0.39 is 9.52 Å². The highest BCUT2D eigenvalue weighted by molar-refractivity contribution is 8.13. The van der Waals surface area contributed by atoms with Crippen LogP contribution >= 0.6 is 46.6 Å². The smallest absolute Gasteiger partial charge is 0.239 e. The fourth-order valence-corrected chi connectivity index (χ4v) is 2.52. The van der Waals surface area contributed by atoms with Crippen LogP contribution in [0.4, 0.5) is 0 Å². The molecule has 1 N–H and O–H groups in total. The Labute approximate surface area is 120 Å². The average Bonchev–Trinajstić information content (AvgIpc) is 2.22. The van der Waals surface area contributed by atoms with E-state index in [2.05, 4.69) is 4.99 Å². The van der Waals surface area contributed by atoms with Crippen molar-refractivity contribution in [2.75, 3.05) is 19.9 Å². The minimum absolute atomic E-state index is 0.109. The van der Waals surface area contributed by atoms with Gasteiger partial charge in [-0.25, -0.2) is 4.99 Å². The maximum atomic E-state index is 10.3. The lowest BCUT2D eigenvalue weighted by molar-refractivity contribution is -0.0839. The van der Waals surface area contributed by atoms with Crippen LogP contribution in [-0.4, -0.2) is 50.8 Å². The Kier molecular flexibility index (Phi) is 5.27. The van der Waals surface area contributed by atoms with Crippen molar-refractivity contribution in [3.63, 3.8) is 0 Å². The monoisotopic (exact) mass is 320 g/mol. The Hall–Kier alpha value is 0.610. The molecule has 4 nitrogen and oxygen atoms in total. The van der Waals surface area contributed by atoms with Crippen molar-refractivity contribution in [2.24, 2.45) is 4.99 Å². The fraction of sp³-hybridized carbons (Fsp3) is 0.889. The highest BCUT2D eigenvalue weighted by Gasteiger charge is 2.52. The molecule has 0 saturated carbocycles. The molecule has 0 radical (unpaired) electrons. The normalized spacial score (nSPS) is 30.4. The topological polar surface area (TPSA) is 45.1 Å². The van der Waals surface area contributed by atoms with E-state index in [0.717, 1.165) is 0 Å². The minimum Gasteiger partial charge on any atom is -0.366 e. The van der Waals surface area contributed by atoms with E-state index in [1.54, 1.807) is 0 Å². The standard InChI is InChI=1S/C9H15Cl3N2O2S/c1-4-16-6-5-8(15,9(10,11)12)13-7(17-3)14(6)2/h6,15H,4-5H2,1-3H3/t6-,8-/m1/s1. The maximum absolute atomic E-state index is 10.3. The van der Waals surface area contributed by atoms with Crippen LogP contribution < -0.4 is 0 Å². The summed E-state index contributed by atoms with van der Waals surface area (Å²) >= 11 is 18.7. The van der Waals surface area contributed by atoms with Crippen LogP contribution in [0, 0.1) is 0 Å². The highest BCUT2D eigenvalue weighted by Crippen LogP contribution is 2.45. The highest BCUT2D eigenvalue weighted by atomic mass is 35.6. The van der Waals surface area contributed by atoms with Crippen LogP contribution in [0.1, 0.15) is 13.3 Å². The van der Waals surface area contributed by atoms with E-state index >= 15 is 0 Å². The van der Waals surface area contributed by atoms with Gasteiger partial charge in [-0.2, -0.15) is 0 Å². The summed E-state index contributed by atoms with van der Waals surface area (Å²) in [7, 11) is 1.83. The zero-order valence-electron chi connectivity index (χ0n) is 9.78. The molecule has 0 aliphatic carbocycles. The molecule has 0 aromatic rings. The molecule has 0 saturated heterocycles. The van der Waals surface area contributed by atoms with E-state index in [1.807, 2.05) is 25.1 Å². The Morgan fingerprint density at radius 1 is 1.65 bits per heavy atom. The SMILES string of the molecule is CCO[C@@H]1C[C@@](O)(C(Cl)(Cl)Cl)N=C(SC)N1C. The number of alkyl halides is 3. The van der Waals surface area contributed by atoms with E-state index in [-0.39, 0.29) is 12.6 Å². The summed E-state index contributed by atoms with van der Waals surface area (Å²) in [6.07, 6.45) is 1.58. The molecule has 0 spiro atoms. The molecule has 1 aliphatic heterocycles. The van der Waals surface area contributed by atoms with Gasteiger partial charge < -0.3 is 14.7 Å². The Morgan fingerprint density at radius 3 is 2.65 bits per heavy atom. The number of aliphatic hydroxyl groups is 1. The van der Waals surface area contributed by atoms with Gasteiger partial charge in [-0.3, -0.25) is 0 Å². The zero-order chi connectivity index (χ0) is 13.3. The summed E-state index contributed by atoms with van der Waals surface area (Å²) < 4.78 is 3.63. The van der Waals surface area contributed by atoms with Gasteiger partial charge in [0.2, 0.25) is 9.52 Å². The molecule has 8 heteroatoms. The number of halogens is 3. The second-order valence-corrected chi connectivity index (χ2v) is 6.69. The lowest BCUT2D eigenvalue weighted by Crippen LogP contribution is -2.54. The first-order valence-corrected chi connectivity index (χ1v) is 7.38. The number of rotatable bonds is 2. The second kappa shape index (κ2) is 5.72. The third kappa shape index (κ3) is 3.33. The van der Waals surface area contributed by atoms with Crippen molar-refractivity contribution >= 4 is 51.7 Å². The van der Waals surface area contributed by atoms with E-state index in [4.69, 9.17) is 39.5 Å². The number of ether oxygens (including phenoxy) is 1. The van der Waals surface area contributed by atoms with Gasteiger partial charge in [0, 0.05) is 20.1 Å². The maximum Gasteiger partial charge on any atom is 0.239 e. The number of hydrogen-bond acceptors (Lipinski definition) is 5. The number of nitrogens with zero attached hydrogens (tertiary/aromatic N) is 2. The molecule has 100 valence electrons. The minimum atomic E-state index is -1.88. The number of aliphatic imine (C=N–C) groups is 1. The molecule has 0 unspecified atom stereocenters. The Bertz CT molecular complexity index is 311. The number of amidine groups is 1. The van der Waals surface area contributed by atoms with Crippen LogP contribution in [0.3, 0.4) is 0 Å². The molecule has 0 aromatic heterocycles. The fourth-order valence-electron chi connectivity index (χ4n) is 1.52. The van der Waals surface area contributed by atoms with Gasteiger partial charge in [0.25, 0.3) is 0 Å². The molecule has 1 aliphatic rings. The van der Waals surface area contributed by atoms with Gasteiger partial charge >= 0.3 is 0 Å². The molecular formula is C9H15Cl3N2O2S. The van der Waals surface area contributed by atoms with Crippen molar-refractivity contribution in [1.82, 2.24) is 4.90 Å². The lowest BCUT2D eigenvalue weighted by Gasteiger charge is -2.42.